The SMILES string of the molecule is CCOc1ccc(N2C(=O)[C@@H]3[C@@H](C2=O)[C@@H]2C(=O)C[C@@H]3c3ccccc32)cc1. The van der Waals surface area contributed by atoms with Crippen LogP contribution >= 0.6 is 0 Å². The molecule has 0 radical (unpaired) electrons. The van der Waals surface area contributed by atoms with Crippen LogP contribution in [0.3, 0.4) is 0 Å². The summed E-state index contributed by atoms with van der Waals surface area (Å²) in [5.41, 5.74) is 2.52. The monoisotopic (exact) mass is 361 g/mol. The Labute approximate surface area is 156 Å². The molecule has 27 heavy (non-hydrogen) atoms. The van der Waals surface area contributed by atoms with Gasteiger partial charge in [0.15, 0.2) is 0 Å². The topological polar surface area (TPSA) is 63.7 Å². The van der Waals surface area contributed by atoms with Crippen LogP contribution in [-0.4, -0.2) is 24.2 Å². The van der Waals surface area contributed by atoms with E-state index < -0.39 is 17.8 Å². The first-order valence-electron chi connectivity index (χ1n) is 9.34. The number of rotatable bonds is 3. The number of hydrogen-bond acceptors (Lipinski definition) is 4. The summed E-state index contributed by atoms with van der Waals surface area (Å²) >= 11 is 0. The normalized spacial score (nSPS) is 28.3. The van der Waals surface area contributed by atoms with Crippen LogP contribution in [0, 0.1) is 11.8 Å². The molecule has 2 bridgehead atoms. The third kappa shape index (κ3) is 2.14. The van der Waals surface area contributed by atoms with Crippen molar-refractivity contribution in [1.82, 2.24) is 0 Å². The van der Waals surface area contributed by atoms with Crippen LogP contribution in [0.15, 0.2) is 48.5 Å². The molecule has 5 nitrogen and oxygen atoms in total. The molecule has 5 heteroatoms. The quantitative estimate of drug-likeness (QED) is 0.789. The molecule has 3 aliphatic carbocycles. The zero-order valence-corrected chi connectivity index (χ0v) is 14.9. The first-order valence-corrected chi connectivity index (χ1v) is 9.34. The van der Waals surface area contributed by atoms with E-state index in [-0.39, 0.29) is 23.5 Å². The summed E-state index contributed by atoms with van der Waals surface area (Å²) in [6, 6.07) is 14.7. The molecule has 2 amide bonds. The lowest BCUT2D eigenvalue weighted by atomic mass is 9.56. The molecule has 6 rings (SSSR count). The second kappa shape index (κ2) is 5.78. The average Bonchev–Trinajstić information content (AvgIpc) is 2.95. The van der Waals surface area contributed by atoms with Crippen molar-refractivity contribution >= 4 is 23.3 Å². The first kappa shape index (κ1) is 16.2. The van der Waals surface area contributed by atoms with Crippen molar-refractivity contribution in [3.8, 4) is 5.75 Å². The summed E-state index contributed by atoms with van der Waals surface area (Å²) in [6.45, 7) is 2.45. The molecule has 2 aromatic carbocycles. The van der Waals surface area contributed by atoms with Gasteiger partial charge in [-0.05, 0) is 42.3 Å². The molecule has 0 spiro atoms. The lowest BCUT2D eigenvalue weighted by Crippen LogP contribution is -2.44. The molecule has 1 saturated carbocycles. The Balaban J connectivity index is 1.57. The standard InChI is InChI=1S/C22H19NO4/c1-2-27-13-9-7-12(8-10-13)23-21(25)19-16-11-17(24)18(20(19)22(23)26)15-6-4-3-5-14(15)16/h3-10,16,18-20H,2,11H2,1H3/t16-,18+,19+,20+/m1/s1. The number of amides is 2. The molecule has 1 aliphatic heterocycles. The van der Waals surface area contributed by atoms with Crippen molar-refractivity contribution in [2.75, 3.05) is 11.5 Å². The molecule has 1 heterocycles. The van der Waals surface area contributed by atoms with Crippen molar-refractivity contribution in [2.24, 2.45) is 11.8 Å². The Bertz CT molecular complexity index is 965. The number of carbonyl (C=O) groups excluding carboxylic acids is 3. The van der Waals surface area contributed by atoms with Gasteiger partial charge in [0.1, 0.15) is 11.5 Å². The lowest BCUT2D eigenvalue weighted by Gasteiger charge is -2.43. The van der Waals surface area contributed by atoms with Gasteiger partial charge in [0, 0.05) is 12.3 Å². The van der Waals surface area contributed by atoms with Crippen LogP contribution in [0.2, 0.25) is 0 Å². The van der Waals surface area contributed by atoms with Gasteiger partial charge in [-0.1, -0.05) is 24.3 Å². The number of anilines is 1. The molecule has 0 N–H and O–H groups in total. The van der Waals surface area contributed by atoms with E-state index in [1.807, 2.05) is 31.2 Å². The molecular formula is C22H19NO4. The summed E-state index contributed by atoms with van der Waals surface area (Å²) < 4.78 is 5.44. The van der Waals surface area contributed by atoms with Crippen LogP contribution in [0.1, 0.15) is 36.3 Å². The highest BCUT2D eigenvalue weighted by Gasteiger charge is 2.62. The summed E-state index contributed by atoms with van der Waals surface area (Å²) in [5, 5.41) is 0. The van der Waals surface area contributed by atoms with E-state index in [4.69, 9.17) is 4.74 Å². The van der Waals surface area contributed by atoms with Crippen LogP contribution in [-0.2, 0) is 14.4 Å². The molecule has 0 unspecified atom stereocenters. The highest BCUT2D eigenvalue weighted by molar-refractivity contribution is 6.24. The zero-order valence-electron chi connectivity index (χ0n) is 14.9. The van der Waals surface area contributed by atoms with E-state index >= 15 is 0 Å². The summed E-state index contributed by atoms with van der Waals surface area (Å²) in [4.78, 5) is 40.4. The predicted molar refractivity (Wildman–Crippen MR) is 98.6 cm³/mol. The van der Waals surface area contributed by atoms with Crippen molar-refractivity contribution in [3.05, 3.63) is 59.7 Å². The highest BCUT2D eigenvalue weighted by Crippen LogP contribution is 2.57. The number of imide groups is 1. The molecule has 0 aromatic heterocycles. The molecule has 1 saturated heterocycles. The smallest absolute Gasteiger partial charge is 0.238 e. The minimum absolute atomic E-state index is 0.0784. The summed E-state index contributed by atoms with van der Waals surface area (Å²) in [6.07, 6.45) is 0.346. The Morgan fingerprint density at radius 3 is 2.30 bits per heavy atom. The third-order valence-electron chi connectivity index (χ3n) is 6.10. The van der Waals surface area contributed by atoms with Gasteiger partial charge < -0.3 is 4.74 Å². The lowest BCUT2D eigenvalue weighted by molar-refractivity contribution is -0.134. The fraction of sp³-hybridized carbons (Fsp3) is 0.318. The highest BCUT2D eigenvalue weighted by atomic mass is 16.5. The van der Waals surface area contributed by atoms with Crippen LogP contribution in [0.5, 0.6) is 5.75 Å². The van der Waals surface area contributed by atoms with Gasteiger partial charge in [0.2, 0.25) is 11.8 Å². The maximum atomic E-state index is 13.2. The van der Waals surface area contributed by atoms with Crippen molar-refractivity contribution < 1.29 is 19.1 Å². The van der Waals surface area contributed by atoms with Gasteiger partial charge in [-0.2, -0.15) is 0 Å². The van der Waals surface area contributed by atoms with Crippen molar-refractivity contribution in [3.63, 3.8) is 0 Å². The predicted octanol–water partition coefficient (Wildman–Crippen LogP) is 3.04. The van der Waals surface area contributed by atoms with Crippen molar-refractivity contribution in [2.45, 2.75) is 25.2 Å². The Hall–Kier alpha value is -2.95. The Kier molecular flexibility index (Phi) is 3.47. The van der Waals surface area contributed by atoms with E-state index in [1.165, 1.54) is 4.90 Å². The molecule has 4 aliphatic rings. The van der Waals surface area contributed by atoms with Crippen LogP contribution in [0.4, 0.5) is 5.69 Å². The fourth-order valence-electron chi connectivity index (χ4n) is 5.07. The van der Waals surface area contributed by atoms with Gasteiger partial charge in [0.05, 0.1) is 30.0 Å². The fourth-order valence-corrected chi connectivity index (χ4v) is 5.07. The summed E-state index contributed by atoms with van der Waals surface area (Å²) in [5.74, 6) is -1.40. The number of nitrogens with zero attached hydrogens (tertiary/aromatic N) is 1. The second-order valence-electron chi connectivity index (χ2n) is 7.37. The van der Waals surface area contributed by atoms with Gasteiger partial charge >= 0.3 is 0 Å². The van der Waals surface area contributed by atoms with Crippen LogP contribution in [0.25, 0.3) is 0 Å². The van der Waals surface area contributed by atoms with E-state index in [2.05, 4.69) is 0 Å². The third-order valence-corrected chi connectivity index (χ3v) is 6.10. The van der Waals surface area contributed by atoms with Gasteiger partial charge in [-0.3, -0.25) is 19.3 Å². The van der Waals surface area contributed by atoms with Gasteiger partial charge in [-0.15, -0.1) is 0 Å². The van der Waals surface area contributed by atoms with Crippen LogP contribution < -0.4 is 9.64 Å². The number of benzene rings is 2. The second-order valence-corrected chi connectivity index (χ2v) is 7.37. The van der Waals surface area contributed by atoms with E-state index in [0.29, 0.717) is 24.5 Å². The molecule has 2 aromatic rings. The number of ether oxygens (including phenoxy) is 1. The van der Waals surface area contributed by atoms with E-state index in [0.717, 1.165) is 11.1 Å². The van der Waals surface area contributed by atoms with Crippen molar-refractivity contribution in [1.29, 1.82) is 0 Å². The minimum Gasteiger partial charge on any atom is -0.494 e. The molecule has 136 valence electrons. The summed E-state index contributed by atoms with van der Waals surface area (Å²) in [7, 11) is 0. The molecule has 2 fully saturated rings. The molecule has 4 atom stereocenters. The zero-order chi connectivity index (χ0) is 18.7. The number of hydrogen-bond donors (Lipinski definition) is 0. The minimum atomic E-state index is -0.579. The Morgan fingerprint density at radius 2 is 1.59 bits per heavy atom. The average molecular weight is 361 g/mol. The number of fused-ring (bicyclic) bond motifs is 1. The Morgan fingerprint density at radius 1 is 0.926 bits per heavy atom. The first-order chi connectivity index (χ1) is 13.1. The van der Waals surface area contributed by atoms with E-state index in [1.54, 1.807) is 24.3 Å². The van der Waals surface area contributed by atoms with Gasteiger partial charge in [0.25, 0.3) is 0 Å². The largest absolute Gasteiger partial charge is 0.494 e. The number of ketones is 1. The maximum absolute atomic E-state index is 13.2. The van der Waals surface area contributed by atoms with Gasteiger partial charge in [-0.25, -0.2) is 0 Å². The molecular weight excluding hydrogens is 342 g/mol. The number of Topliss-reactive ketones (excluding diaryl/α,β-unsaturated/α-hetero) is 1. The van der Waals surface area contributed by atoms with E-state index in [9.17, 15) is 14.4 Å². The number of carbonyl (C=O) groups is 3. The maximum Gasteiger partial charge on any atom is 0.238 e.